The van der Waals surface area contributed by atoms with Gasteiger partial charge in [-0.1, -0.05) is 164 Å². The Hall–Kier alpha value is -6.90. The molecule has 1 aliphatic carbocycles. The Morgan fingerprint density at radius 3 is 1.53 bits per heavy atom. The molecule has 2 nitrogen and oxygen atoms in total. The van der Waals surface area contributed by atoms with Crippen LogP contribution >= 0.6 is 0 Å². The Bertz CT molecular complexity index is 2770. The van der Waals surface area contributed by atoms with Gasteiger partial charge in [-0.25, -0.2) is 0 Å². The molecule has 0 bridgehead atoms. The molecule has 1 heterocycles. The van der Waals surface area contributed by atoms with Crippen molar-refractivity contribution in [2.45, 2.75) is 5.41 Å². The molecule has 0 N–H and O–H groups in total. The van der Waals surface area contributed by atoms with Gasteiger partial charge in [0, 0.05) is 39.0 Å². The summed E-state index contributed by atoms with van der Waals surface area (Å²) in [6, 6.07) is 72.6. The van der Waals surface area contributed by atoms with E-state index in [0.29, 0.717) is 0 Å². The van der Waals surface area contributed by atoms with Crippen molar-refractivity contribution in [3.05, 3.63) is 222 Å². The van der Waals surface area contributed by atoms with Crippen LogP contribution in [-0.2, 0) is 5.41 Å². The normalized spacial score (nSPS) is 13.2. The predicted octanol–water partition coefficient (Wildman–Crippen LogP) is 13.6. The molecule has 0 amide bonds. The van der Waals surface area contributed by atoms with Gasteiger partial charge in [-0.2, -0.15) is 0 Å². The van der Waals surface area contributed by atoms with Gasteiger partial charge in [0.05, 0.1) is 5.41 Å². The summed E-state index contributed by atoms with van der Waals surface area (Å²) >= 11 is 0. The molecule has 248 valence electrons. The molecule has 2 aliphatic rings. The predicted molar refractivity (Wildman–Crippen MR) is 219 cm³/mol. The van der Waals surface area contributed by atoms with Crippen LogP contribution < -0.4 is 9.64 Å². The lowest BCUT2D eigenvalue weighted by Crippen LogP contribution is -2.32. The number of benzene rings is 9. The first-order chi connectivity index (χ1) is 26.3. The molecule has 2 heteroatoms. The lowest BCUT2D eigenvalue weighted by atomic mass is 9.65. The van der Waals surface area contributed by atoms with E-state index in [1.807, 2.05) is 0 Å². The van der Waals surface area contributed by atoms with E-state index in [1.165, 1.54) is 55.3 Å². The van der Waals surface area contributed by atoms with Crippen molar-refractivity contribution in [3.8, 4) is 33.8 Å². The zero-order valence-electron chi connectivity index (χ0n) is 28.9. The Morgan fingerprint density at radius 2 is 0.849 bits per heavy atom. The van der Waals surface area contributed by atoms with Gasteiger partial charge < -0.3 is 9.64 Å². The number of rotatable bonds is 4. The summed E-state index contributed by atoms with van der Waals surface area (Å²) in [5.41, 5.74) is 12.5. The molecule has 1 aliphatic heterocycles. The minimum atomic E-state index is -0.613. The van der Waals surface area contributed by atoms with Crippen LogP contribution in [0.4, 0.5) is 17.1 Å². The number of fused-ring (bicyclic) bond motifs is 13. The van der Waals surface area contributed by atoms with Crippen LogP contribution in [0.15, 0.2) is 200 Å². The van der Waals surface area contributed by atoms with Gasteiger partial charge in [-0.15, -0.1) is 0 Å². The number of anilines is 3. The summed E-state index contributed by atoms with van der Waals surface area (Å²) in [5.74, 6) is 1.85. The second kappa shape index (κ2) is 11.6. The summed E-state index contributed by atoms with van der Waals surface area (Å²) in [5, 5.41) is 4.57. The highest BCUT2D eigenvalue weighted by Gasteiger charge is 2.52. The van der Waals surface area contributed by atoms with E-state index in [9.17, 15) is 0 Å². The summed E-state index contributed by atoms with van der Waals surface area (Å²) in [4.78, 5) is 2.38. The van der Waals surface area contributed by atoms with Crippen LogP contribution in [0.3, 0.4) is 0 Å². The van der Waals surface area contributed by atoms with Crippen molar-refractivity contribution in [1.82, 2.24) is 0 Å². The van der Waals surface area contributed by atoms with E-state index in [1.54, 1.807) is 0 Å². The second-order valence-electron chi connectivity index (χ2n) is 14.0. The lowest BCUT2D eigenvalue weighted by Gasteiger charge is -2.40. The average Bonchev–Trinajstić information content (AvgIpc) is 3.52. The van der Waals surface area contributed by atoms with Crippen molar-refractivity contribution in [2.75, 3.05) is 4.90 Å². The smallest absolute Gasteiger partial charge is 0.140 e. The molecule has 9 aromatic carbocycles. The van der Waals surface area contributed by atoms with E-state index >= 15 is 0 Å². The maximum absolute atomic E-state index is 7.17. The number of hydrogen-bond donors (Lipinski definition) is 0. The lowest BCUT2D eigenvalue weighted by molar-refractivity contribution is 0.447. The number of hydrogen-bond acceptors (Lipinski definition) is 2. The summed E-state index contributed by atoms with van der Waals surface area (Å²) in [7, 11) is 0. The van der Waals surface area contributed by atoms with E-state index in [4.69, 9.17) is 4.74 Å². The third-order valence-corrected chi connectivity index (χ3v) is 11.3. The van der Waals surface area contributed by atoms with Gasteiger partial charge in [0.15, 0.2) is 0 Å². The van der Waals surface area contributed by atoms with Crippen LogP contribution in [0.5, 0.6) is 11.5 Å². The van der Waals surface area contributed by atoms with Crippen molar-refractivity contribution in [3.63, 3.8) is 0 Å². The van der Waals surface area contributed by atoms with Crippen LogP contribution in [0.2, 0.25) is 0 Å². The Labute approximate surface area is 308 Å². The van der Waals surface area contributed by atoms with E-state index in [2.05, 4.69) is 205 Å². The first kappa shape index (κ1) is 29.8. The molecular weight excluding hydrogens is 643 g/mol. The molecule has 0 aromatic heterocycles. The molecule has 53 heavy (non-hydrogen) atoms. The van der Waals surface area contributed by atoms with Crippen molar-refractivity contribution in [1.29, 1.82) is 0 Å². The highest BCUT2D eigenvalue weighted by molar-refractivity contribution is 6.00. The van der Waals surface area contributed by atoms with Crippen LogP contribution in [-0.4, -0.2) is 0 Å². The van der Waals surface area contributed by atoms with Crippen molar-refractivity contribution in [2.24, 2.45) is 0 Å². The van der Waals surface area contributed by atoms with Crippen LogP contribution in [0.25, 0.3) is 43.8 Å². The first-order valence-corrected chi connectivity index (χ1v) is 18.3. The number of ether oxygens (including phenoxy) is 1. The van der Waals surface area contributed by atoms with Gasteiger partial charge >= 0.3 is 0 Å². The highest BCUT2D eigenvalue weighted by atomic mass is 16.5. The highest BCUT2D eigenvalue weighted by Crippen LogP contribution is 2.64. The molecule has 9 aromatic rings. The fraction of sp³-hybridized carbons (Fsp3) is 0.0196. The standard InChI is InChI=1S/C51H33NO/c1-3-13-34(14-4-1)35-23-27-39(28-24-35)52(38-17-5-2-6-18-38)40-29-30-44-43-21-11-12-22-45(43)51(48(44)33-40)46-31-25-36-15-7-9-19-41(36)49(46)53-50-42-20-10-8-16-37(42)26-32-47(50)51/h1-33H. The SMILES string of the molecule is c1ccc(-c2ccc(N(c3ccccc3)c3ccc4c(c3)C3(c5ccccc5-4)c4ccc5ccccc5c4Oc4c3ccc3ccccc43)cc2)cc1. The molecule has 11 rings (SSSR count). The van der Waals surface area contributed by atoms with Crippen molar-refractivity contribution >= 4 is 38.6 Å². The first-order valence-electron chi connectivity index (χ1n) is 18.3. The van der Waals surface area contributed by atoms with Crippen molar-refractivity contribution < 1.29 is 4.74 Å². The Kier molecular flexibility index (Phi) is 6.50. The van der Waals surface area contributed by atoms with E-state index in [0.717, 1.165) is 39.3 Å². The fourth-order valence-corrected chi connectivity index (χ4v) is 8.99. The van der Waals surface area contributed by atoms with Crippen LogP contribution in [0, 0.1) is 0 Å². The zero-order valence-corrected chi connectivity index (χ0v) is 28.9. The molecule has 0 unspecified atom stereocenters. The minimum absolute atomic E-state index is 0.613. The largest absolute Gasteiger partial charge is 0.455 e. The quantitative estimate of drug-likeness (QED) is 0.184. The fourth-order valence-electron chi connectivity index (χ4n) is 8.99. The second-order valence-corrected chi connectivity index (χ2v) is 14.0. The van der Waals surface area contributed by atoms with Gasteiger partial charge in [0.25, 0.3) is 0 Å². The van der Waals surface area contributed by atoms with Gasteiger partial charge in [0.1, 0.15) is 11.5 Å². The molecule has 0 atom stereocenters. The molecule has 0 fully saturated rings. The Balaban J connectivity index is 1.20. The summed E-state index contributed by atoms with van der Waals surface area (Å²) in [6.07, 6.45) is 0. The Morgan fingerprint density at radius 1 is 0.340 bits per heavy atom. The molecule has 1 spiro atoms. The summed E-state index contributed by atoms with van der Waals surface area (Å²) in [6.45, 7) is 0. The van der Waals surface area contributed by atoms with Gasteiger partial charge in [-0.05, 0) is 80.6 Å². The molecule has 0 saturated heterocycles. The molecule has 0 saturated carbocycles. The molecular formula is C51H33NO. The zero-order chi connectivity index (χ0) is 34.9. The van der Waals surface area contributed by atoms with E-state index < -0.39 is 5.41 Å². The number of nitrogens with zero attached hydrogens (tertiary/aromatic N) is 1. The van der Waals surface area contributed by atoms with Gasteiger partial charge in [-0.3, -0.25) is 0 Å². The average molecular weight is 676 g/mol. The maximum Gasteiger partial charge on any atom is 0.140 e. The third kappa shape index (κ3) is 4.33. The number of para-hydroxylation sites is 1. The topological polar surface area (TPSA) is 12.5 Å². The van der Waals surface area contributed by atoms with Crippen LogP contribution in [0.1, 0.15) is 22.3 Å². The van der Waals surface area contributed by atoms with Gasteiger partial charge in [0.2, 0.25) is 0 Å². The minimum Gasteiger partial charge on any atom is -0.455 e. The maximum atomic E-state index is 7.17. The monoisotopic (exact) mass is 675 g/mol. The third-order valence-electron chi connectivity index (χ3n) is 11.3. The van der Waals surface area contributed by atoms with E-state index in [-0.39, 0.29) is 0 Å². The molecule has 0 radical (unpaired) electrons. The summed E-state index contributed by atoms with van der Waals surface area (Å²) < 4.78 is 7.17.